The lowest BCUT2D eigenvalue weighted by Crippen LogP contribution is -2.24. The van der Waals surface area contributed by atoms with Gasteiger partial charge in [0.2, 0.25) is 5.95 Å². The Morgan fingerprint density at radius 3 is 2.38 bits per heavy atom. The van der Waals surface area contributed by atoms with Crippen molar-refractivity contribution >= 4 is 17.0 Å². The number of imidazole rings is 1. The van der Waals surface area contributed by atoms with Crippen molar-refractivity contribution in [1.82, 2.24) is 9.55 Å². The van der Waals surface area contributed by atoms with Crippen LogP contribution in [0.15, 0.2) is 42.5 Å². The minimum absolute atomic E-state index is 0.542. The SMILES string of the molecule is Cc1ccc(-n2c(NC3CCCCC3)nc3ccc(C)cc32)cc1. The van der Waals surface area contributed by atoms with E-state index in [1.807, 2.05) is 0 Å². The van der Waals surface area contributed by atoms with E-state index >= 15 is 0 Å². The number of nitrogens with one attached hydrogen (secondary N) is 1. The lowest BCUT2D eigenvalue weighted by molar-refractivity contribution is 0.460. The Morgan fingerprint density at radius 2 is 1.62 bits per heavy atom. The number of anilines is 1. The van der Waals surface area contributed by atoms with Gasteiger partial charge in [0.15, 0.2) is 0 Å². The van der Waals surface area contributed by atoms with Gasteiger partial charge in [0.05, 0.1) is 11.0 Å². The number of hydrogen-bond donors (Lipinski definition) is 1. The summed E-state index contributed by atoms with van der Waals surface area (Å²) in [7, 11) is 0. The monoisotopic (exact) mass is 319 g/mol. The molecule has 0 spiro atoms. The van der Waals surface area contributed by atoms with Crippen molar-refractivity contribution in [3.05, 3.63) is 53.6 Å². The third-order valence-electron chi connectivity index (χ3n) is 5.04. The van der Waals surface area contributed by atoms with E-state index < -0.39 is 0 Å². The topological polar surface area (TPSA) is 29.9 Å². The number of nitrogens with zero attached hydrogens (tertiary/aromatic N) is 2. The summed E-state index contributed by atoms with van der Waals surface area (Å²) < 4.78 is 2.27. The highest BCUT2D eigenvalue weighted by molar-refractivity contribution is 5.82. The fourth-order valence-electron chi connectivity index (χ4n) is 3.67. The number of aryl methyl sites for hydroxylation is 2. The normalized spacial score (nSPS) is 15.8. The average Bonchev–Trinajstić information content (AvgIpc) is 2.94. The van der Waals surface area contributed by atoms with E-state index in [0.29, 0.717) is 6.04 Å². The summed E-state index contributed by atoms with van der Waals surface area (Å²) in [6.45, 7) is 4.27. The highest BCUT2D eigenvalue weighted by Crippen LogP contribution is 2.28. The van der Waals surface area contributed by atoms with Crippen molar-refractivity contribution in [3.63, 3.8) is 0 Å². The van der Waals surface area contributed by atoms with E-state index in [9.17, 15) is 0 Å². The Balaban J connectivity index is 1.82. The Labute approximate surface area is 143 Å². The third-order valence-corrected chi connectivity index (χ3v) is 5.04. The molecular weight excluding hydrogens is 294 g/mol. The quantitative estimate of drug-likeness (QED) is 0.701. The van der Waals surface area contributed by atoms with Gasteiger partial charge in [0.1, 0.15) is 0 Å². The average molecular weight is 319 g/mol. The minimum Gasteiger partial charge on any atom is -0.353 e. The van der Waals surface area contributed by atoms with Gasteiger partial charge in [-0.05, 0) is 56.5 Å². The van der Waals surface area contributed by atoms with Crippen LogP contribution in [-0.2, 0) is 0 Å². The third kappa shape index (κ3) is 2.91. The molecule has 3 aromatic rings. The first-order valence-corrected chi connectivity index (χ1v) is 9.03. The van der Waals surface area contributed by atoms with Crippen LogP contribution in [0.4, 0.5) is 5.95 Å². The first-order valence-electron chi connectivity index (χ1n) is 9.03. The molecule has 0 atom stereocenters. The van der Waals surface area contributed by atoms with E-state index in [-0.39, 0.29) is 0 Å². The molecule has 1 heterocycles. The zero-order chi connectivity index (χ0) is 16.5. The molecule has 3 heteroatoms. The van der Waals surface area contributed by atoms with Gasteiger partial charge in [-0.25, -0.2) is 4.98 Å². The predicted octanol–water partition coefficient (Wildman–Crippen LogP) is 5.39. The molecule has 1 saturated carbocycles. The van der Waals surface area contributed by atoms with Crippen LogP contribution in [0.5, 0.6) is 0 Å². The first-order chi connectivity index (χ1) is 11.7. The minimum atomic E-state index is 0.542. The van der Waals surface area contributed by atoms with Crippen molar-refractivity contribution in [2.45, 2.75) is 52.0 Å². The highest BCUT2D eigenvalue weighted by Gasteiger charge is 2.18. The van der Waals surface area contributed by atoms with E-state index in [4.69, 9.17) is 4.98 Å². The lowest BCUT2D eigenvalue weighted by atomic mass is 9.96. The van der Waals surface area contributed by atoms with Crippen LogP contribution in [0.25, 0.3) is 16.7 Å². The lowest BCUT2D eigenvalue weighted by Gasteiger charge is -2.23. The highest BCUT2D eigenvalue weighted by atomic mass is 15.2. The van der Waals surface area contributed by atoms with Crippen molar-refractivity contribution < 1.29 is 0 Å². The number of fused-ring (bicyclic) bond motifs is 1. The molecule has 0 unspecified atom stereocenters. The van der Waals surface area contributed by atoms with Gasteiger partial charge in [-0.15, -0.1) is 0 Å². The van der Waals surface area contributed by atoms with Crippen LogP contribution < -0.4 is 5.32 Å². The van der Waals surface area contributed by atoms with E-state index in [0.717, 1.165) is 11.5 Å². The summed E-state index contributed by atoms with van der Waals surface area (Å²) >= 11 is 0. The standard InChI is InChI=1S/C21H25N3/c1-15-8-11-18(12-9-15)24-20-14-16(2)10-13-19(20)23-21(24)22-17-6-4-3-5-7-17/h8-14,17H,3-7H2,1-2H3,(H,22,23). The molecule has 24 heavy (non-hydrogen) atoms. The number of hydrogen-bond acceptors (Lipinski definition) is 2. The van der Waals surface area contributed by atoms with E-state index in [2.05, 4.69) is 66.2 Å². The zero-order valence-corrected chi connectivity index (χ0v) is 14.5. The van der Waals surface area contributed by atoms with Gasteiger partial charge in [-0.3, -0.25) is 4.57 Å². The van der Waals surface area contributed by atoms with Crippen LogP contribution in [0.2, 0.25) is 0 Å². The predicted molar refractivity (Wildman–Crippen MR) is 101 cm³/mol. The van der Waals surface area contributed by atoms with E-state index in [1.54, 1.807) is 0 Å². The van der Waals surface area contributed by atoms with Crippen molar-refractivity contribution in [2.24, 2.45) is 0 Å². The summed E-state index contributed by atoms with van der Waals surface area (Å²) in [6, 6.07) is 15.7. The van der Waals surface area contributed by atoms with Gasteiger partial charge in [0.25, 0.3) is 0 Å². The molecular formula is C21H25N3. The second kappa shape index (κ2) is 6.31. The molecule has 1 N–H and O–H groups in total. The maximum atomic E-state index is 4.90. The maximum absolute atomic E-state index is 4.90. The molecule has 1 aliphatic carbocycles. The van der Waals surface area contributed by atoms with Gasteiger partial charge in [-0.1, -0.05) is 43.0 Å². The summed E-state index contributed by atoms with van der Waals surface area (Å²) in [5.41, 5.74) is 5.95. The first kappa shape index (κ1) is 15.3. The molecule has 0 radical (unpaired) electrons. The number of aromatic nitrogens is 2. The summed E-state index contributed by atoms with van der Waals surface area (Å²) in [5, 5.41) is 3.72. The van der Waals surface area contributed by atoms with E-state index in [1.165, 1.54) is 54.4 Å². The summed E-state index contributed by atoms with van der Waals surface area (Å²) in [5.74, 6) is 0.978. The Hall–Kier alpha value is -2.29. The molecule has 1 aromatic heterocycles. The molecule has 2 aromatic carbocycles. The molecule has 1 aliphatic rings. The van der Waals surface area contributed by atoms with Crippen molar-refractivity contribution in [3.8, 4) is 5.69 Å². The largest absolute Gasteiger partial charge is 0.353 e. The molecule has 0 amide bonds. The van der Waals surface area contributed by atoms with Gasteiger partial charge in [0, 0.05) is 11.7 Å². The second-order valence-corrected chi connectivity index (χ2v) is 7.08. The Bertz CT molecular complexity index is 839. The van der Waals surface area contributed by atoms with Crippen LogP contribution in [0, 0.1) is 13.8 Å². The Kier molecular flexibility index (Phi) is 4.01. The fourth-order valence-corrected chi connectivity index (χ4v) is 3.67. The second-order valence-electron chi connectivity index (χ2n) is 7.08. The van der Waals surface area contributed by atoms with Crippen LogP contribution in [-0.4, -0.2) is 15.6 Å². The van der Waals surface area contributed by atoms with Crippen molar-refractivity contribution in [1.29, 1.82) is 0 Å². The van der Waals surface area contributed by atoms with Crippen molar-refractivity contribution in [2.75, 3.05) is 5.32 Å². The molecule has 124 valence electrons. The molecule has 1 fully saturated rings. The smallest absolute Gasteiger partial charge is 0.208 e. The maximum Gasteiger partial charge on any atom is 0.208 e. The van der Waals surface area contributed by atoms with Gasteiger partial charge in [-0.2, -0.15) is 0 Å². The number of rotatable bonds is 3. The molecule has 3 nitrogen and oxygen atoms in total. The molecule has 0 aliphatic heterocycles. The Morgan fingerprint density at radius 1 is 0.917 bits per heavy atom. The van der Waals surface area contributed by atoms with Gasteiger partial charge < -0.3 is 5.32 Å². The molecule has 4 rings (SSSR count). The molecule has 0 saturated heterocycles. The fraction of sp³-hybridized carbons (Fsp3) is 0.381. The summed E-state index contributed by atoms with van der Waals surface area (Å²) in [6.07, 6.45) is 6.50. The number of benzene rings is 2. The summed E-state index contributed by atoms with van der Waals surface area (Å²) in [4.78, 5) is 4.90. The van der Waals surface area contributed by atoms with Crippen LogP contribution >= 0.6 is 0 Å². The van der Waals surface area contributed by atoms with Crippen LogP contribution in [0.3, 0.4) is 0 Å². The van der Waals surface area contributed by atoms with Gasteiger partial charge >= 0.3 is 0 Å². The van der Waals surface area contributed by atoms with Crippen LogP contribution in [0.1, 0.15) is 43.2 Å². The zero-order valence-electron chi connectivity index (χ0n) is 14.5. The molecule has 0 bridgehead atoms.